The van der Waals surface area contributed by atoms with Crippen molar-refractivity contribution in [3.05, 3.63) is 82.7 Å². The number of carbonyl (C=O) groups is 1. The molecule has 2 N–H and O–H groups in total. The zero-order chi connectivity index (χ0) is 20.2. The lowest BCUT2D eigenvalue weighted by Crippen LogP contribution is -2.35. The predicted octanol–water partition coefficient (Wildman–Crippen LogP) is 2.53. The summed E-state index contributed by atoms with van der Waals surface area (Å²) in [6.07, 6.45) is 6.25. The molecule has 2 aromatic heterocycles. The second-order valence-corrected chi connectivity index (χ2v) is 7.38. The molecule has 1 atom stereocenters. The third kappa shape index (κ3) is 4.51. The highest BCUT2D eigenvalue weighted by Crippen LogP contribution is 2.24. The van der Waals surface area contributed by atoms with E-state index in [4.69, 9.17) is 0 Å². The number of nitrogens with one attached hydrogen (secondary N) is 2. The van der Waals surface area contributed by atoms with Gasteiger partial charge in [-0.3, -0.25) is 14.5 Å². The molecule has 150 valence electrons. The van der Waals surface area contributed by atoms with E-state index in [9.17, 15) is 9.18 Å². The molecule has 1 aliphatic carbocycles. The molecule has 7 heteroatoms. The first kappa shape index (κ1) is 19.3. The number of hydrogen-bond donors (Lipinski definition) is 2. The molecule has 0 unspecified atom stereocenters. The Kier molecular flexibility index (Phi) is 5.67. The summed E-state index contributed by atoms with van der Waals surface area (Å²) in [4.78, 5) is 16.8. The number of aromatic nitrogens is 3. The Bertz CT molecular complexity index is 984. The third-order valence-electron chi connectivity index (χ3n) is 5.38. The van der Waals surface area contributed by atoms with Crippen LogP contribution in [0.15, 0.2) is 48.8 Å². The van der Waals surface area contributed by atoms with Crippen molar-refractivity contribution in [2.75, 3.05) is 0 Å². The highest BCUT2D eigenvalue weighted by molar-refractivity contribution is 5.94. The summed E-state index contributed by atoms with van der Waals surface area (Å²) >= 11 is 0. The minimum Gasteiger partial charge on any atom is -0.347 e. The lowest BCUT2D eigenvalue weighted by Gasteiger charge is -2.24. The monoisotopic (exact) mass is 393 g/mol. The molecular formula is C22H24FN5O. The number of halogens is 1. The van der Waals surface area contributed by atoms with Crippen LogP contribution >= 0.6 is 0 Å². The Labute approximate surface area is 169 Å². The van der Waals surface area contributed by atoms with Gasteiger partial charge in [-0.15, -0.1) is 0 Å². The number of fused-ring (bicyclic) bond motifs is 1. The van der Waals surface area contributed by atoms with Gasteiger partial charge in [0.25, 0.3) is 5.91 Å². The van der Waals surface area contributed by atoms with Crippen LogP contribution in [-0.4, -0.2) is 26.7 Å². The van der Waals surface area contributed by atoms with Gasteiger partial charge in [-0.25, -0.2) is 4.39 Å². The first-order chi connectivity index (χ1) is 14.1. The highest BCUT2D eigenvalue weighted by Gasteiger charge is 2.28. The molecule has 0 aliphatic heterocycles. The second kappa shape index (κ2) is 8.53. The highest BCUT2D eigenvalue weighted by atomic mass is 19.1. The molecule has 3 aromatic rings. The molecule has 4 rings (SSSR count). The number of carbonyl (C=O) groups excluding carboxylic acids is 1. The summed E-state index contributed by atoms with van der Waals surface area (Å²) in [6, 6.07) is 10.4. The van der Waals surface area contributed by atoms with Gasteiger partial charge < -0.3 is 10.6 Å². The number of benzene rings is 1. The van der Waals surface area contributed by atoms with E-state index in [2.05, 4.69) is 20.7 Å². The fourth-order valence-electron chi connectivity index (χ4n) is 3.78. The fraction of sp³-hybridized carbons (Fsp3) is 0.318. The molecule has 0 saturated heterocycles. The minimum atomic E-state index is -0.288. The lowest BCUT2D eigenvalue weighted by atomic mass is 9.91. The van der Waals surface area contributed by atoms with E-state index in [-0.39, 0.29) is 11.7 Å². The average Bonchev–Trinajstić information content (AvgIpc) is 3.08. The third-order valence-corrected chi connectivity index (χ3v) is 5.38. The molecule has 29 heavy (non-hydrogen) atoms. The molecule has 0 fully saturated rings. The molecule has 1 aliphatic rings. The molecule has 0 saturated carbocycles. The summed E-state index contributed by atoms with van der Waals surface area (Å²) in [5.74, 6) is -0.481. The quantitative estimate of drug-likeness (QED) is 0.675. The van der Waals surface area contributed by atoms with Gasteiger partial charge in [-0.2, -0.15) is 5.10 Å². The Morgan fingerprint density at radius 3 is 2.62 bits per heavy atom. The average molecular weight is 393 g/mol. The fourth-order valence-corrected chi connectivity index (χ4v) is 3.78. The predicted molar refractivity (Wildman–Crippen MR) is 108 cm³/mol. The van der Waals surface area contributed by atoms with Gasteiger partial charge in [0.15, 0.2) is 5.69 Å². The van der Waals surface area contributed by atoms with E-state index in [1.807, 2.05) is 23.9 Å². The van der Waals surface area contributed by atoms with Crippen LogP contribution in [0.25, 0.3) is 0 Å². The summed E-state index contributed by atoms with van der Waals surface area (Å²) < 4.78 is 14.9. The van der Waals surface area contributed by atoms with Gasteiger partial charge in [0.2, 0.25) is 0 Å². The van der Waals surface area contributed by atoms with Crippen LogP contribution in [0.3, 0.4) is 0 Å². The molecule has 1 amide bonds. The molecule has 2 heterocycles. The Balaban J connectivity index is 1.42. The van der Waals surface area contributed by atoms with Crippen LogP contribution in [0.4, 0.5) is 4.39 Å². The zero-order valence-electron chi connectivity index (χ0n) is 16.4. The van der Waals surface area contributed by atoms with E-state index in [0.717, 1.165) is 42.6 Å². The van der Waals surface area contributed by atoms with Crippen molar-refractivity contribution in [2.24, 2.45) is 7.05 Å². The van der Waals surface area contributed by atoms with E-state index in [1.165, 1.54) is 17.7 Å². The number of amides is 1. The first-order valence-corrected chi connectivity index (χ1v) is 9.80. The number of rotatable bonds is 6. The van der Waals surface area contributed by atoms with Crippen molar-refractivity contribution >= 4 is 5.91 Å². The van der Waals surface area contributed by atoms with Crippen LogP contribution in [0.2, 0.25) is 0 Å². The zero-order valence-corrected chi connectivity index (χ0v) is 16.4. The van der Waals surface area contributed by atoms with Crippen LogP contribution in [0.5, 0.6) is 0 Å². The minimum absolute atomic E-state index is 0.194. The van der Waals surface area contributed by atoms with Crippen LogP contribution in [-0.2, 0) is 33.0 Å². The molecule has 0 radical (unpaired) electrons. The van der Waals surface area contributed by atoms with E-state index < -0.39 is 0 Å². The number of hydrogen-bond acceptors (Lipinski definition) is 4. The van der Waals surface area contributed by atoms with Gasteiger partial charge >= 0.3 is 0 Å². The van der Waals surface area contributed by atoms with Crippen molar-refractivity contribution in [1.82, 2.24) is 25.4 Å². The van der Waals surface area contributed by atoms with Gasteiger partial charge in [0, 0.05) is 49.8 Å². The largest absolute Gasteiger partial charge is 0.347 e. The van der Waals surface area contributed by atoms with Gasteiger partial charge in [0.05, 0.1) is 0 Å². The molecule has 6 nitrogen and oxygen atoms in total. The van der Waals surface area contributed by atoms with Crippen molar-refractivity contribution in [3.8, 4) is 0 Å². The normalized spacial score (nSPS) is 15.7. The Morgan fingerprint density at radius 2 is 1.86 bits per heavy atom. The first-order valence-electron chi connectivity index (χ1n) is 9.80. The van der Waals surface area contributed by atoms with Crippen LogP contribution in [0.1, 0.15) is 39.3 Å². The van der Waals surface area contributed by atoms with Crippen LogP contribution < -0.4 is 10.6 Å². The Morgan fingerprint density at radius 1 is 1.14 bits per heavy atom. The maximum atomic E-state index is 13.0. The molecule has 0 bridgehead atoms. The summed E-state index contributed by atoms with van der Waals surface area (Å²) in [7, 11) is 1.89. The number of aryl methyl sites for hydroxylation is 1. The maximum Gasteiger partial charge on any atom is 0.272 e. The van der Waals surface area contributed by atoms with Crippen molar-refractivity contribution in [2.45, 2.75) is 38.4 Å². The van der Waals surface area contributed by atoms with Gasteiger partial charge in [-0.05, 0) is 54.7 Å². The van der Waals surface area contributed by atoms with Gasteiger partial charge in [-0.1, -0.05) is 12.1 Å². The molecule has 0 spiro atoms. The standard InChI is InChI=1S/C22H24FN5O/c1-28-20-7-6-18(25-13-16-8-10-24-11-9-16)12-19(20)21(27-28)22(29)26-14-15-2-4-17(23)5-3-15/h2-5,8-11,18,25H,6-7,12-14H2,1H3,(H,26,29)/t18-/m0/s1. The molecular weight excluding hydrogens is 369 g/mol. The summed E-state index contributed by atoms with van der Waals surface area (Å²) in [6.45, 7) is 1.11. The van der Waals surface area contributed by atoms with Crippen LogP contribution in [0, 0.1) is 5.82 Å². The topological polar surface area (TPSA) is 71.8 Å². The summed E-state index contributed by atoms with van der Waals surface area (Å²) in [5, 5.41) is 11.0. The Hall–Kier alpha value is -3.06. The lowest BCUT2D eigenvalue weighted by molar-refractivity contribution is 0.0944. The maximum absolute atomic E-state index is 13.0. The summed E-state index contributed by atoms with van der Waals surface area (Å²) in [5.41, 5.74) is 4.66. The van der Waals surface area contributed by atoms with E-state index >= 15 is 0 Å². The van der Waals surface area contributed by atoms with Gasteiger partial charge in [0.1, 0.15) is 5.82 Å². The number of pyridine rings is 1. The van der Waals surface area contributed by atoms with E-state index in [0.29, 0.717) is 18.3 Å². The molecule has 1 aromatic carbocycles. The van der Waals surface area contributed by atoms with E-state index in [1.54, 1.807) is 24.5 Å². The SMILES string of the molecule is Cn1nc(C(=O)NCc2ccc(F)cc2)c2c1CC[C@H](NCc1ccncc1)C2. The number of nitrogens with zero attached hydrogens (tertiary/aromatic N) is 3. The smallest absolute Gasteiger partial charge is 0.272 e. The van der Waals surface area contributed by atoms with Crippen molar-refractivity contribution in [3.63, 3.8) is 0 Å². The van der Waals surface area contributed by atoms with Crippen molar-refractivity contribution in [1.29, 1.82) is 0 Å². The second-order valence-electron chi connectivity index (χ2n) is 7.38. The van der Waals surface area contributed by atoms with Crippen molar-refractivity contribution < 1.29 is 9.18 Å².